The summed E-state index contributed by atoms with van der Waals surface area (Å²) in [5, 5.41) is 9.49. The van der Waals surface area contributed by atoms with Gasteiger partial charge in [-0.05, 0) is 30.5 Å². The third kappa shape index (κ3) is 3.39. The molecule has 4 nitrogen and oxygen atoms in total. The molecule has 1 aromatic rings. The van der Waals surface area contributed by atoms with Crippen LogP contribution in [0, 0.1) is 0 Å². The number of hydrogen-bond acceptors (Lipinski definition) is 3. The van der Waals surface area contributed by atoms with Gasteiger partial charge in [-0.2, -0.15) is 0 Å². The molecule has 1 N–H and O–H groups in total. The second kappa shape index (κ2) is 5.59. The summed E-state index contributed by atoms with van der Waals surface area (Å²) in [6.07, 6.45) is 7.96. The van der Waals surface area contributed by atoms with E-state index in [4.69, 9.17) is 0 Å². The normalized spacial score (nSPS) is 20.8. The third-order valence-corrected chi connectivity index (χ3v) is 2.81. The number of likely N-dealkylation sites (tertiary alicyclic amines) is 1. The van der Waals surface area contributed by atoms with Crippen molar-refractivity contribution in [1.82, 2.24) is 9.88 Å². The summed E-state index contributed by atoms with van der Waals surface area (Å²) in [4.78, 5) is 17.5. The average Bonchev–Trinajstić information content (AvgIpc) is 2.37. The van der Waals surface area contributed by atoms with E-state index in [1.165, 1.54) is 6.08 Å². The molecule has 1 aliphatic heterocycles. The third-order valence-electron chi connectivity index (χ3n) is 2.81. The van der Waals surface area contributed by atoms with Crippen molar-refractivity contribution in [2.45, 2.75) is 18.9 Å². The van der Waals surface area contributed by atoms with E-state index in [1.807, 2.05) is 12.1 Å². The molecule has 17 heavy (non-hydrogen) atoms. The number of carbonyl (C=O) groups is 1. The molecule has 0 spiro atoms. The Bertz CT molecular complexity index is 403. The first-order valence-electron chi connectivity index (χ1n) is 5.81. The highest BCUT2D eigenvalue weighted by molar-refractivity contribution is 5.91. The lowest BCUT2D eigenvalue weighted by atomic mass is 10.1. The summed E-state index contributed by atoms with van der Waals surface area (Å²) < 4.78 is 0. The van der Waals surface area contributed by atoms with Crippen molar-refractivity contribution in [2.24, 2.45) is 0 Å². The molecular weight excluding hydrogens is 216 g/mol. The summed E-state index contributed by atoms with van der Waals surface area (Å²) in [5.41, 5.74) is 0.901. The van der Waals surface area contributed by atoms with Crippen molar-refractivity contribution >= 4 is 12.0 Å². The van der Waals surface area contributed by atoms with Crippen molar-refractivity contribution in [2.75, 3.05) is 13.1 Å². The lowest BCUT2D eigenvalue weighted by Gasteiger charge is -2.29. The van der Waals surface area contributed by atoms with Gasteiger partial charge in [0.05, 0.1) is 6.10 Å². The highest BCUT2D eigenvalue weighted by Gasteiger charge is 2.20. The van der Waals surface area contributed by atoms with Crippen molar-refractivity contribution in [3.63, 3.8) is 0 Å². The Hall–Kier alpha value is -1.68. The van der Waals surface area contributed by atoms with E-state index in [2.05, 4.69) is 4.98 Å². The second-order valence-electron chi connectivity index (χ2n) is 4.20. The lowest BCUT2D eigenvalue weighted by molar-refractivity contribution is -0.128. The van der Waals surface area contributed by atoms with Crippen LogP contribution in [0.2, 0.25) is 0 Å². The monoisotopic (exact) mass is 232 g/mol. The molecule has 0 unspecified atom stereocenters. The van der Waals surface area contributed by atoms with Crippen LogP contribution >= 0.6 is 0 Å². The zero-order valence-corrected chi connectivity index (χ0v) is 9.62. The van der Waals surface area contributed by atoms with Crippen molar-refractivity contribution in [3.05, 3.63) is 36.2 Å². The molecule has 1 atom stereocenters. The largest absolute Gasteiger partial charge is 0.391 e. The van der Waals surface area contributed by atoms with Gasteiger partial charge < -0.3 is 10.0 Å². The standard InChI is InChI=1S/C13H16N2O2/c16-12-4-2-8-15(10-12)13(17)6-5-11-3-1-7-14-9-11/h1,3,5-7,9,12,16H,2,4,8,10H2/b6-5+/t12-/m0/s1. The molecule has 0 saturated carbocycles. The molecule has 1 fully saturated rings. The second-order valence-corrected chi connectivity index (χ2v) is 4.20. The predicted molar refractivity (Wildman–Crippen MR) is 65.1 cm³/mol. The SMILES string of the molecule is O=C(/C=C/c1cccnc1)N1CCC[C@H](O)C1. The van der Waals surface area contributed by atoms with E-state index in [0.717, 1.165) is 24.9 Å². The highest BCUT2D eigenvalue weighted by Crippen LogP contribution is 2.10. The van der Waals surface area contributed by atoms with Crippen LogP contribution in [0.15, 0.2) is 30.6 Å². The topological polar surface area (TPSA) is 53.4 Å². The Morgan fingerprint density at radius 1 is 1.59 bits per heavy atom. The summed E-state index contributed by atoms with van der Waals surface area (Å²) in [6, 6.07) is 3.72. The van der Waals surface area contributed by atoms with Crippen LogP contribution < -0.4 is 0 Å². The van der Waals surface area contributed by atoms with Gasteiger partial charge in [0.1, 0.15) is 0 Å². The average molecular weight is 232 g/mol. The maximum atomic E-state index is 11.8. The van der Waals surface area contributed by atoms with Crippen molar-refractivity contribution < 1.29 is 9.90 Å². The van der Waals surface area contributed by atoms with Gasteiger partial charge in [0.2, 0.25) is 5.91 Å². The zero-order valence-electron chi connectivity index (χ0n) is 9.62. The van der Waals surface area contributed by atoms with Crippen LogP contribution in [-0.4, -0.2) is 40.1 Å². The molecule has 0 radical (unpaired) electrons. The van der Waals surface area contributed by atoms with Gasteiger partial charge in [0, 0.05) is 31.6 Å². The van der Waals surface area contributed by atoms with Crippen LogP contribution in [0.25, 0.3) is 6.08 Å². The zero-order chi connectivity index (χ0) is 12.1. The van der Waals surface area contributed by atoms with Crippen LogP contribution in [0.4, 0.5) is 0 Å². The molecule has 2 rings (SSSR count). The van der Waals surface area contributed by atoms with Crippen molar-refractivity contribution in [1.29, 1.82) is 0 Å². The Morgan fingerprint density at radius 3 is 3.18 bits per heavy atom. The van der Waals surface area contributed by atoms with Gasteiger partial charge >= 0.3 is 0 Å². The minimum absolute atomic E-state index is 0.0485. The minimum Gasteiger partial charge on any atom is -0.391 e. The van der Waals surface area contributed by atoms with Gasteiger partial charge in [0.25, 0.3) is 0 Å². The first kappa shape index (κ1) is 11.8. The van der Waals surface area contributed by atoms with Gasteiger partial charge in [-0.25, -0.2) is 0 Å². The molecule has 1 aliphatic rings. The molecule has 90 valence electrons. The van der Waals surface area contributed by atoms with Crippen LogP contribution in [0.5, 0.6) is 0 Å². The van der Waals surface area contributed by atoms with E-state index < -0.39 is 0 Å². The minimum atomic E-state index is -0.375. The number of aliphatic hydroxyl groups is 1. The maximum Gasteiger partial charge on any atom is 0.246 e. The Morgan fingerprint density at radius 2 is 2.47 bits per heavy atom. The highest BCUT2D eigenvalue weighted by atomic mass is 16.3. The Balaban J connectivity index is 1.94. The van der Waals surface area contributed by atoms with Gasteiger partial charge in [-0.3, -0.25) is 9.78 Å². The number of aliphatic hydroxyl groups excluding tert-OH is 1. The van der Waals surface area contributed by atoms with Crippen molar-refractivity contribution in [3.8, 4) is 0 Å². The molecule has 2 heterocycles. The van der Waals surface area contributed by atoms with E-state index in [9.17, 15) is 9.90 Å². The molecule has 1 amide bonds. The quantitative estimate of drug-likeness (QED) is 0.776. The smallest absolute Gasteiger partial charge is 0.246 e. The molecule has 0 bridgehead atoms. The number of nitrogens with zero attached hydrogens (tertiary/aromatic N) is 2. The molecule has 1 aromatic heterocycles. The summed E-state index contributed by atoms with van der Waals surface area (Å²) in [7, 11) is 0. The maximum absolute atomic E-state index is 11.8. The number of amides is 1. The summed E-state index contributed by atoms with van der Waals surface area (Å²) in [6.45, 7) is 1.17. The molecule has 1 saturated heterocycles. The fourth-order valence-corrected chi connectivity index (χ4v) is 1.90. The number of carbonyl (C=O) groups excluding carboxylic acids is 1. The Labute approximate surface area is 101 Å². The molecule has 4 heteroatoms. The molecule has 0 aliphatic carbocycles. The van der Waals surface area contributed by atoms with Gasteiger partial charge in [-0.15, -0.1) is 0 Å². The predicted octanol–water partition coefficient (Wildman–Crippen LogP) is 1.08. The van der Waals surface area contributed by atoms with Gasteiger partial charge in [-0.1, -0.05) is 6.07 Å². The number of aromatic nitrogens is 1. The van der Waals surface area contributed by atoms with Crippen LogP contribution in [-0.2, 0) is 4.79 Å². The number of piperidine rings is 1. The van der Waals surface area contributed by atoms with E-state index in [0.29, 0.717) is 6.54 Å². The number of rotatable bonds is 2. The Kier molecular flexibility index (Phi) is 3.88. The number of pyridine rings is 1. The lowest BCUT2D eigenvalue weighted by Crippen LogP contribution is -2.41. The number of β-amino-alcohol motifs (C(OH)–C–C–N with tert-alkyl or cyclic N) is 1. The van der Waals surface area contributed by atoms with Crippen LogP contribution in [0.1, 0.15) is 18.4 Å². The van der Waals surface area contributed by atoms with E-state index in [-0.39, 0.29) is 12.0 Å². The summed E-state index contributed by atoms with van der Waals surface area (Å²) in [5.74, 6) is -0.0485. The first-order valence-corrected chi connectivity index (χ1v) is 5.81. The fourth-order valence-electron chi connectivity index (χ4n) is 1.90. The summed E-state index contributed by atoms with van der Waals surface area (Å²) >= 11 is 0. The molecule has 0 aromatic carbocycles. The van der Waals surface area contributed by atoms with Crippen LogP contribution in [0.3, 0.4) is 0 Å². The van der Waals surface area contributed by atoms with E-state index >= 15 is 0 Å². The van der Waals surface area contributed by atoms with E-state index in [1.54, 1.807) is 23.4 Å². The number of hydrogen-bond donors (Lipinski definition) is 1. The molecular formula is C13H16N2O2. The van der Waals surface area contributed by atoms with Gasteiger partial charge in [0.15, 0.2) is 0 Å². The fraction of sp³-hybridized carbons (Fsp3) is 0.385. The first-order chi connectivity index (χ1) is 8.25.